The fourth-order valence-corrected chi connectivity index (χ4v) is 0.733. The molecule has 6 heteroatoms. The van der Waals surface area contributed by atoms with Gasteiger partial charge in [-0.05, 0) is 6.42 Å². The highest BCUT2D eigenvalue weighted by atomic mass is 16.4. The van der Waals surface area contributed by atoms with Gasteiger partial charge in [0, 0.05) is 6.42 Å². The lowest BCUT2D eigenvalue weighted by atomic mass is 10.00. The van der Waals surface area contributed by atoms with Crippen LogP contribution >= 0.6 is 0 Å². The molecule has 0 aliphatic rings. The van der Waals surface area contributed by atoms with Crippen LogP contribution in [0.1, 0.15) is 12.8 Å². The second-order valence-corrected chi connectivity index (χ2v) is 2.17. The molecule has 6 nitrogen and oxygen atoms in total. The number of aliphatic carboxylic acids is 1. The molecular formula is C7H6N4O2. The Morgan fingerprint density at radius 3 is 2.54 bits per heavy atom. The molecule has 1 atom stereocenters. The normalized spacial score (nSPS) is 10.3. The Morgan fingerprint density at radius 1 is 1.62 bits per heavy atom. The molecule has 0 aromatic heterocycles. The second-order valence-electron chi connectivity index (χ2n) is 2.17. The van der Waals surface area contributed by atoms with Gasteiger partial charge in [0.05, 0.1) is 12.1 Å². The van der Waals surface area contributed by atoms with E-state index in [1.54, 1.807) is 12.1 Å². The van der Waals surface area contributed by atoms with Crippen LogP contribution in [0.15, 0.2) is 0 Å². The highest BCUT2D eigenvalue weighted by Gasteiger charge is 2.30. The quantitative estimate of drug-likeness (QED) is 0.375. The monoisotopic (exact) mass is 178 g/mol. The van der Waals surface area contributed by atoms with Crippen molar-refractivity contribution in [1.82, 2.24) is 0 Å². The van der Waals surface area contributed by atoms with Crippen molar-refractivity contribution < 1.29 is 14.7 Å². The van der Waals surface area contributed by atoms with E-state index >= 15 is 0 Å². The topological polar surface area (TPSA) is 121 Å². The average molecular weight is 178 g/mol. The summed E-state index contributed by atoms with van der Waals surface area (Å²) in [5.41, 5.74) is 7.64. The zero-order chi connectivity index (χ0) is 10.3. The van der Waals surface area contributed by atoms with Crippen LogP contribution in [0.2, 0.25) is 0 Å². The van der Waals surface area contributed by atoms with Crippen molar-refractivity contribution in [3.05, 3.63) is 5.53 Å². The summed E-state index contributed by atoms with van der Waals surface area (Å²) >= 11 is 0. The number of nitriles is 2. The Bertz CT molecular complexity index is 329. The summed E-state index contributed by atoms with van der Waals surface area (Å²) in [4.78, 5) is 12.9. The van der Waals surface area contributed by atoms with Gasteiger partial charge in [0.25, 0.3) is 0 Å². The summed E-state index contributed by atoms with van der Waals surface area (Å²) in [6, 6.07) is 3.42. The first kappa shape index (κ1) is 10.8. The molecule has 0 aromatic rings. The minimum Gasteiger partial charge on any atom is -0.473 e. The van der Waals surface area contributed by atoms with Crippen molar-refractivity contribution >= 4 is 11.7 Å². The van der Waals surface area contributed by atoms with Crippen LogP contribution in [-0.4, -0.2) is 21.6 Å². The summed E-state index contributed by atoms with van der Waals surface area (Å²) in [6.07, 6.45) is 0.100. The number of nitrogens with zero attached hydrogens (tertiary/aromatic N) is 4. The number of carboxylic acids is 1. The Labute approximate surface area is 74.3 Å². The molecule has 0 aliphatic carbocycles. The van der Waals surface area contributed by atoms with E-state index in [2.05, 4.69) is 4.79 Å². The Morgan fingerprint density at radius 2 is 2.23 bits per heavy atom. The van der Waals surface area contributed by atoms with Gasteiger partial charge in [-0.3, -0.25) is 0 Å². The predicted molar refractivity (Wildman–Crippen MR) is 40.2 cm³/mol. The van der Waals surface area contributed by atoms with E-state index in [0.717, 1.165) is 0 Å². The summed E-state index contributed by atoms with van der Waals surface area (Å²) in [7, 11) is 0. The molecule has 0 fully saturated rings. The standard InChI is InChI=1S/C7H6N4O2/c8-3-1-2-5(4-9)6(11-10)7(12)13/h5H,1-2H2,(H,12,13). The van der Waals surface area contributed by atoms with E-state index in [0.29, 0.717) is 0 Å². The summed E-state index contributed by atoms with van der Waals surface area (Å²) in [6.45, 7) is 0. The SMILES string of the molecule is N#CCCC(C#N)C(=[N+]=[N-])C(=O)O. The van der Waals surface area contributed by atoms with Crippen LogP contribution in [0.3, 0.4) is 0 Å². The van der Waals surface area contributed by atoms with E-state index in [4.69, 9.17) is 21.2 Å². The highest BCUT2D eigenvalue weighted by molar-refractivity contribution is 6.34. The van der Waals surface area contributed by atoms with Gasteiger partial charge in [0.15, 0.2) is 5.92 Å². The van der Waals surface area contributed by atoms with Gasteiger partial charge >= 0.3 is 11.7 Å². The zero-order valence-corrected chi connectivity index (χ0v) is 6.64. The third-order valence-corrected chi connectivity index (χ3v) is 1.36. The molecule has 13 heavy (non-hydrogen) atoms. The largest absolute Gasteiger partial charge is 0.473 e. The number of hydrogen-bond acceptors (Lipinski definition) is 3. The van der Waals surface area contributed by atoms with Gasteiger partial charge in [0.2, 0.25) is 0 Å². The molecule has 0 amide bonds. The lowest BCUT2D eigenvalue weighted by Crippen LogP contribution is -2.23. The van der Waals surface area contributed by atoms with E-state index in [9.17, 15) is 4.79 Å². The third-order valence-electron chi connectivity index (χ3n) is 1.36. The van der Waals surface area contributed by atoms with Crippen LogP contribution in [0.25, 0.3) is 5.53 Å². The van der Waals surface area contributed by atoms with Crippen molar-refractivity contribution in [2.45, 2.75) is 12.8 Å². The van der Waals surface area contributed by atoms with Gasteiger partial charge < -0.3 is 10.6 Å². The number of carboxylic acid groups (broad SMARTS) is 1. The first-order valence-corrected chi connectivity index (χ1v) is 3.39. The van der Waals surface area contributed by atoms with Gasteiger partial charge in [-0.2, -0.15) is 15.3 Å². The first-order valence-electron chi connectivity index (χ1n) is 3.39. The minimum absolute atomic E-state index is 0.0462. The third kappa shape index (κ3) is 3.15. The first-order chi connectivity index (χ1) is 6.17. The van der Waals surface area contributed by atoms with Gasteiger partial charge in [-0.1, -0.05) is 0 Å². The molecule has 0 radical (unpaired) electrons. The van der Waals surface area contributed by atoms with Crippen LogP contribution in [0.4, 0.5) is 0 Å². The maximum atomic E-state index is 10.4. The van der Waals surface area contributed by atoms with Crippen LogP contribution in [-0.2, 0) is 4.79 Å². The summed E-state index contributed by atoms with van der Waals surface area (Å²) in [5.74, 6) is -2.49. The van der Waals surface area contributed by atoms with E-state index in [1.807, 2.05) is 0 Å². The molecule has 0 spiro atoms. The molecule has 0 heterocycles. The van der Waals surface area contributed by atoms with Crippen molar-refractivity contribution in [1.29, 1.82) is 10.5 Å². The molecule has 1 N–H and O–H groups in total. The van der Waals surface area contributed by atoms with Gasteiger partial charge in [0.1, 0.15) is 0 Å². The lowest BCUT2D eigenvalue weighted by Gasteiger charge is -1.95. The van der Waals surface area contributed by atoms with Crippen molar-refractivity contribution in [2.75, 3.05) is 0 Å². The summed E-state index contributed by atoms with van der Waals surface area (Å²) in [5, 5.41) is 25.1. The molecule has 1 unspecified atom stereocenters. The second kappa shape index (κ2) is 5.48. The number of hydrogen-bond donors (Lipinski definition) is 1. The molecule has 0 bridgehead atoms. The van der Waals surface area contributed by atoms with Crippen molar-refractivity contribution in [3.63, 3.8) is 0 Å². The number of rotatable bonds is 4. The number of carbonyl (C=O) groups is 1. The summed E-state index contributed by atoms with van der Waals surface area (Å²) < 4.78 is 0. The fourth-order valence-electron chi connectivity index (χ4n) is 0.733. The Hall–Kier alpha value is -2.17. The predicted octanol–water partition coefficient (Wildman–Crippen LogP) is 0.185. The Balaban J connectivity index is 4.60. The lowest BCUT2D eigenvalue weighted by molar-refractivity contribution is -0.134. The maximum Gasteiger partial charge on any atom is 0.415 e. The highest BCUT2D eigenvalue weighted by Crippen LogP contribution is 2.05. The van der Waals surface area contributed by atoms with Crippen LogP contribution < -0.4 is 0 Å². The van der Waals surface area contributed by atoms with Gasteiger partial charge in [-0.25, -0.2) is 4.79 Å². The van der Waals surface area contributed by atoms with Crippen LogP contribution in [0.5, 0.6) is 0 Å². The molecule has 0 aliphatic heterocycles. The molecule has 66 valence electrons. The average Bonchev–Trinajstić information content (AvgIpc) is 2.11. The van der Waals surface area contributed by atoms with E-state index in [1.165, 1.54) is 0 Å². The van der Waals surface area contributed by atoms with Crippen LogP contribution in [0, 0.1) is 28.6 Å². The molecule has 0 saturated heterocycles. The smallest absolute Gasteiger partial charge is 0.415 e. The molecule has 0 rings (SSSR count). The zero-order valence-electron chi connectivity index (χ0n) is 6.64. The van der Waals surface area contributed by atoms with Gasteiger partial charge in [-0.15, -0.1) is 0 Å². The van der Waals surface area contributed by atoms with Crippen molar-refractivity contribution in [3.8, 4) is 12.1 Å². The molecule has 0 aromatic carbocycles. The minimum atomic E-state index is -1.45. The fraction of sp³-hybridized carbons (Fsp3) is 0.429. The Kier molecular flexibility index (Phi) is 4.56. The molecule has 0 saturated carbocycles. The van der Waals surface area contributed by atoms with Crippen molar-refractivity contribution in [2.24, 2.45) is 5.92 Å². The molecular weight excluding hydrogens is 172 g/mol. The van der Waals surface area contributed by atoms with E-state index < -0.39 is 17.6 Å². The van der Waals surface area contributed by atoms with E-state index in [-0.39, 0.29) is 12.8 Å². The maximum absolute atomic E-state index is 10.4.